The second-order valence-corrected chi connectivity index (χ2v) is 6.50. The van der Waals surface area contributed by atoms with Crippen molar-refractivity contribution in [1.82, 2.24) is 9.79 Å². The minimum Gasteiger partial charge on any atom is -0.428 e. The van der Waals surface area contributed by atoms with Crippen molar-refractivity contribution in [2.75, 3.05) is 17.7 Å². The lowest BCUT2D eigenvalue weighted by molar-refractivity contribution is -0.115. The molecule has 4 rings (SSSR count). The third-order valence-electron chi connectivity index (χ3n) is 4.61. The smallest absolute Gasteiger partial charge is 0.428 e. The third-order valence-corrected chi connectivity index (χ3v) is 4.61. The van der Waals surface area contributed by atoms with Crippen LogP contribution in [0.1, 0.15) is 5.56 Å². The summed E-state index contributed by atoms with van der Waals surface area (Å²) in [5.74, 6) is -0.161. The molecule has 0 atom stereocenters. The van der Waals surface area contributed by atoms with Gasteiger partial charge in [0.2, 0.25) is 5.91 Å². The highest BCUT2D eigenvalue weighted by Crippen LogP contribution is 2.19. The van der Waals surface area contributed by atoms with E-state index in [-0.39, 0.29) is 18.4 Å². The summed E-state index contributed by atoms with van der Waals surface area (Å²) in [6.45, 7) is 0. The predicted octanol–water partition coefficient (Wildman–Crippen LogP) is 1.58. The fourth-order valence-corrected chi connectivity index (χ4v) is 3.12. The Balaban J connectivity index is 1.50. The molecule has 3 aromatic rings. The molecule has 27 heavy (non-hydrogen) atoms. The average Bonchev–Trinajstić information content (AvgIpc) is 2.66. The molecule has 0 spiro atoms. The lowest BCUT2D eigenvalue weighted by atomic mass is 9.69. The highest BCUT2D eigenvalue weighted by atomic mass is 16.2. The van der Waals surface area contributed by atoms with E-state index in [1.165, 1.54) is 11.9 Å². The standard InChI is InChI=1S/C19H17BN4O3/c1-24-19(26)23-17-5-2-12(8-16(17)20(24)27)9-18(25)22-15-4-3-14-11-21-7-6-13(14)10-15/h2-8,10-11,27H,9H2,1H3,(H,22,25)(H,23,26). The first-order valence-corrected chi connectivity index (χ1v) is 8.49. The molecule has 2 heterocycles. The van der Waals surface area contributed by atoms with Crippen molar-refractivity contribution in [1.29, 1.82) is 0 Å². The van der Waals surface area contributed by atoms with E-state index in [1.807, 2.05) is 24.3 Å². The van der Waals surface area contributed by atoms with E-state index in [1.54, 1.807) is 30.6 Å². The zero-order valence-electron chi connectivity index (χ0n) is 14.6. The van der Waals surface area contributed by atoms with Crippen LogP contribution in [-0.4, -0.2) is 40.9 Å². The zero-order valence-corrected chi connectivity index (χ0v) is 14.6. The van der Waals surface area contributed by atoms with Crippen LogP contribution in [0, 0.1) is 0 Å². The Kier molecular flexibility index (Phi) is 4.25. The molecule has 1 aliphatic heterocycles. The topological polar surface area (TPSA) is 94.6 Å². The summed E-state index contributed by atoms with van der Waals surface area (Å²) < 4.78 is 0. The maximum Gasteiger partial charge on any atom is 0.454 e. The highest BCUT2D eigenvalue weighted by Gasteiger charge is 2.33. The number of anilines is 2. The summed E-state index contributed by atoms with van der Waals surface area (Å²) in [6.07, 6.45) is 3.64. The molecule has 3 N–H and O–H groups in total. The van der Waals surface area contributed by atoms with Crippen LogP contribution in [0.3, 0.4) is 0 Å². The molecule has 3 amide bonds. The molecule has 134 valence electrons. The van der Waals surface area contributed by atoms with Gasteiger partial charge in [-0.25, -0.2) is 4.79 Å². The number of carbonyl (C=O) groups is 2. The molecular formula is C19H17BN4O3. The molecule has 8 heteroatoms. The van der Waals surface area contributed by atoms with Crippen LogP contribution in [-0.2, 0) is 11.2 Å². The second-order valence-electron chi connectivity index (χ2n) is 6.50. The molecule has 1 aromatic heterocycles. The van der Waals surface area contributed by atoms with Crippen molar-refractivity contribution < 1.29 is 14.6 Å². The summed E-state index contributed by atoms with van der Waals surface area (Å²) in [5, 5.41) is 17.8. The third kappa shape index (κ3) is 3.34. The summed E-state index contributed by atoms with van der Waals surface area (Å²) in [7, 11) is 0.475. The number of urea groups is 1. The van der Waals surface area contributed by atoms with Crippen LogP contribution in [0.2, 0.25) is 0 Å². The number of amides is 3. The van der Waals surface area contributed by atoms with Gasteiger partial charge in [0, 0.05) is 36.2 Å². The van der Waals surface area contributed by atoms with E-state index in [2.05, 4.69) is 15.6 Å². The van der Waals surface area contributed by atoms with Gasteiger partial charge in [0.25, 0.3) is 0 Å². The average molecular weight is 360 g/mol. The molecule has 0 unspecified atom stereocenters. The molecule has 2 aromatic carbocycles. The van der Waals surface area contributed by atoms with Crippen molar-refractivity contribution in [2.45, 2.75) is 6.42 Å². The van der Waals surface area contributed by atoms with Crippen LogP contribution in [0.4, 0.5) is 16.2 Å². The van der Waals surface area contributed by atoms with E-state index in [0.29, 0.717) is 16.8 Å². The number of pyridine rings is 1. The quantitative estimate of drug-likeness (QED) is 0.618. The molecule has 0 saturated heterocycles. The number of nitrogens with one attached hydrogen (secondary N) is 2. The number of fused-ring (bicyclic) bond motifs is 2. The van der Waals surface area contributed by atoms with Crippen molar-refractivity contribution in [2.24, 2.45) is 0 Å². The minimum absolute atomic E-state index is 0.159. The number of hydrogen-bond acceptors (Lipinski definition) is 4. The van der Waals surface area contributed by atoms with Crippen LogP contribution >= 0.6 is 0 Å². The van der Waals surface area contributed by atoms with E-state index in [9.17, 15) is 14.6 Å². The molecular weight excluding hydrogens is 343 g/mol. The number of benzene rings is 2. The maximum absolute atomic E-state index is 12.4. The second kappa shape index (κ2) is 6.73. The molecule has 1 aliphatic rings. The van der Waals surface area contributed by atoms with Crippen LogP contribution < -0.4 is 16.1 Å². The zero-order chi connectivity index (χ0) is 19.0. The molecule has 0 saturated carbocycles. The van der Waals surface area contributed by atoms with Crippen molar-refractivity contribution in [3.05, 3.63) is 60.4 Å². The van der Waals surface area contributed by atoms with Crippen molar-refractivity contribution >= 4 is 46.6 Å². The van der Waals surface area contributed by atoms with Crippen molar-refractivity contribution in [3.8, 4) is 0 Å². The van der Waals surface area contributed by atoms with Gasteiger partial charge in [0.15, 0.2) is 0 Å². The first kappa shape index (κ1) is 17.1. The SMILES string of the molecule is CN1B(O)c2cc(CC(=O)Nc3ccc4cnccc4c3)ccc2NC1=O. The molecule has 0 radical (unpaired) electrons. The first-order chi connectivity index (χ1) is 13.0. The normalized spacial score (nSPS) is 13.3. The van der Waals surface area contributed by atoms with Crippen molar-refractivity contribution in [3.63, 3.8) is 0 Å². The highest BCUT2D eigenvalue weighted by molar-refractivity contribution is 6.69. The van der Waals surface area contributed by atoms with Gasteiger partial charge in [0.1, 0.15) is 0 Å². The minimum atomic E-state index is -1.04. The van der Waals surface area contributed by atoms with Gasteiger partial charge < -0.3 is 20.5 Å². The van der Waals surface area contributed by atoms with E-state index in [4.69, 9.17) is 0 Å². The van der Waals surface area contributed by atoms with Gasteiger partial charge in [-0.3, -0.25) is 9.78 Å². The molecule has 7 nitrogen and oxygen atoms in total. The van der Waals surface area contributed by atoms with E-state index in [0.717, 1.165) is 16.3 Å². The number of nitrogens with zero attached hydrogens (tertiary/aromatic N) is 2. The van der Waals surface area contributed by atoms with Gasteiger partial charge in [-0.05, 0) is 40.7 Å². The number of carbonyl (C=O) groups excluding carboxylic acids is 2. The Morgan fingerprint density at radius 1 is 1.22 bits per heavy atom. The van der Waals surface area contributed by atoms with Crippen LogP contribution in [0.5, 0.6) is 0 Å². The Hall–Kier alpha value is -3.39. The van der Waals surface area contributed by atoms with Gasteiger partial charge >= 0.3 is 13.1 Å². The van der Waals surface area contributed by atoms with Crippen LogP contribution in [0.15, 0.2) is 54.9 Å². The summed E-state index contributed by atoms with van der Waals surface area (Å²) >= 11 is 0. The lowest BCUT2D eigenvalue weighted by Crippen LogP contribution is -2.56. The van der Waals surface area contributed by atoms with Gasteiger partial charge in [-0.2, -0.15) is 0 Å². The molecule has 0 bridgehead atoms. The summed E-state index contributed by atoms with van der Waals surface area (Å²) in [6, 6.07) is 12.4. The Morgan fingerprint density at radius 2 is 2.07 bits per heavy atom. The Labute approximate surface area is 156 Å². The number of hydrogen-bond donors (Lipinski definition) is 3. The first-order valence-electron chi connectivity index (χ1n) is 8.49. The predicted molar refractivity (Wildman–Crippen MR) is 105 cm³/mol. The monoisotopic (exact) mass is 360 g/mol. The largest absolute Gasteiger partial charge is 0.454 e. The van der Waals surface area contributed by atoms with E-state index >= 15 is 0 Å². The van der Waals surface area contributed by atoms with Gasteiger partial charge in [-0.1, -0.05) is 18.2 Å². The fourth-order valence-electron chi connectivity index (χ4n) is 3.12. The molecule has 0 fully saturated rings. The molecule has 0 aliphatic carbocycles. The van der Waals surface area contributed by atoms with Gasteiger partial charge in [-0.15, -0.1) is 0 Å². The van der Waals surface area contributed by atoms with Gasteiger partial charge in [0.05, 0.1) is 6.42 Å². The summed E-state index contributed by atoms with van der Waals surface area (Å²) in [5.41, 5.74) is 2.59. The van der Waals surface area contributed by atoms with Crippen LogP contribution in [0.25, 0.3) is 10.8 Å². The Bertz CT molecular complexity index is 1060. The number of aromatic nitrogens is 1. The fraction of sp³-hybridized carbons (Fsp3) is 0.105. The lowest BCUT2D eigenvalue weighted by Gasteiger charge is -2.28. The maximum atomic E-state index is 12.4. The van der Waals surface area contributed by atoms with E-state index < -0.39 is 7.05 Å². The number of rotatable bonds is 3. The summed E-state index contributed by atoms with van der Waals surface area (Å²) in [4.78, 5) is 29.4. The Morgan fingerprint density at radius 3 is 2.93 bits per heavy atom.